The second-order valence-electron chi connectivity index (χ2n) is 1.01. The van der Waals surface area contributed by atoms with Gasteiger partial charge in [0.05, 0.1) is 0 Å². The van der Waals surface area contributed by atoms with E-state index in [1.165, 1.54) is 6.92 Å². The molecule has 0 aromatic rings. The zero-order valence-electron chi connectivity index (χ0n) is 3.88. The molecule has 0 amide bonds. The summed E-state index contributed by atoms with van der Waals surface area (Å²) in [6, 6.07) is 0. The van der Waals surface area contributed by atoms with Crippen LogP contribution < -0.4 is 0 Å². The fourth-order valence-corrected chi connectivity index (χ4v) is 0. The molecular weight excluding hydrogens is 228 g/mol. The van der Waals surface area contributed by atoms with Crippen molar-refractivity contribution in [2.45, 2.75) is 13.0 Å². The molecule has 0 spiro atoms. The standard InChI is InChI=1S/C3H6O3.Nd/c1-2(4)3(5)6;/h2,4H,1H3,(H,5,6);. The van der Waals surface area contributed by atoms with Crippen LogP contribution in [0.2, 0.25) is 0 Å². The van der Waals surface area contributed by atoms with Gasteiger partial charge >= 0.3 is 5.97 Å². The first-order chi connectivity index (χ1) is 2.64. The molecule has 0 saturated carbocycles. The molecule has 2 N–H and O–H groups in total. The number of aliphatic hydroxyl groups excluding tert-OH is 1. The van der Waals surface area contributed by atoms with Crippen LogP contribution in [-0.2, 0) is 4.79 Å². The third kappa shape index (κ3) is 6.78. The SMILES string of the molecule is CC(O)C(=O)O.[Nd]. The Hall–Kier alpha value is 0.781. The molecule has 0 aromatic heterocycles. The number of carboxylic acids is 1. The largest absolute Gasteiger partial charge is 0.479 e. The summed E-state index contributed by atoms with van der Waals surface area (Å²) in [5.74, 6) is -1.19. The number of hydrogen-bond donors (Lipinski definition) is 2. The Kier molecular flexibility index (Phi) is 7.54. The molecule has 1 unspecified atom stereocenters. The average Bonchev–Trinajstić information content (AvgIpc) is 1.36. The smallest absolute Gasteiger partial charge is 0.332 e. The van der Waals surface area contributed by atoms with Gasteiger partial charge in [0, 0.05) is 40.8 Å². The van der Waals surface area contributed by atoms with Gasteiger partial charge in [0.2, 0.25) is 0 Å². The van der Waals surface area contributed by atoms with E-state index in [2.05, 4.69) is 0 Å². The van der Waals surface area contributed by atoms with Crippen LogP contribution in [0.25, 0.3) is 0 Å². The van der Waals surface area contributed by atoms with Crippen LogP contribution in [-0.4, -0.2) is 22.3 Å². The normalized spacial score (nSPS) is 11.7. The van der Waals surface area contributed by atoms with E-state index in [0.717, 1.165) is 0 Å². The van der Waals surface area contributed by atoms with Gasteiger partial charge in [-0.2, -0.15) is 0 Å². The van der Waals surface area contributed by atoms with E-state index < -0.39 is 12.1 Å². The predicted octanol–water partition coefficient (Wildman–Crippen LogP) is -0.548. The molecule has 0 heterocycles. The molecule has 0 radical (unpaired) electrons. The van der Waals surface area contributed by atoms with E-state index in [1.54, 1.807) is 0 Å². The number of carbonyl (C=O) groups is 1. The van der Waals surface area contributed by atoms with Crippen LogP contribution >= 0.6 is 0 Å². The van der Waals surface area contributed by atoms with Crippen LogP contribution in [0.5, 0.6) is 0 Å². The maximum atomic E-state index is 9.45. The van der Waals surface area contributed by atoms with Gasteiger partial charge in [-0.15, -0.1) is 0 Å². The first-order valence-corrected chi connectivity index (χ1v) is 1.55. The molecular formula is C3H6NdO3. The van der Waals surface area contributed by atoms with E-state index in [9.17, 15) is 4.79 Å². The Morgan fingerprint density at radius 1 is 1.71 bits per heavy atom. The summed E-state index contributed by atoms with van der Waals surface area (Å²) in [5, 5.41) is 15.8. The molecule has 0 aliphatic rings. The zero-order chi connectivity index (χ0) is 5.15. The number of hydrogen-bond acceptors (Lipinski definition) is 2. The molecule has 0 aliphatic heterocycles. The zero-order valence-corrected chi connectivity index (χ0v) is 7.09. The Morgan fingerprint density at radius 2 is 1.86 bits per heavy atom. The van der Waals surface area contributed by atoms with Gasteiger partial charge in [-0.3, -0.25) is 0 Å². The monoisotopic (exact) mass is 232 g/mol. The number of rotatable bonds is 1. The maximum absolute atomic E-state index is 9.45. The fraction of sp³-hybridized carbons (Fsp3) is 0.667. The summed E-state index contributed by atoms with van der Waals surface area (Å²) in [6.45, 7) is 1.20. The molecule has 40 valence electrons. The molecule has 4 heteroatoms. The Morgan fingerprint density at radius 3 is 1.86 bits per heavy atom. The summed E-state index contributed by atoms with van der Waals surface area (Å²) < 4.78 is 0. The van der Waals surface area contributed by atoms with Gasteiger partial charge in [-0.1, -0.05) is 0 Å². The van der Waals surface area contributed by atoms with Crippen molar-refractivity contribution in [3.05, 3.63) is 0 Å². The van der Waals surface area contributed by atoms with Crippen molar-refractivity contribution in [2.75, 3.05) is 0 Å². The topological polar surface area (TPSA) is 57.5 Å². The first kappa shape index (κ1) is 10.7. The summed E-state index contributed by atoms with van der Waals surface area (Å²) >= 11 is 0. The molecule has 0 aromatic carbocycles. The Labute approximate surface area is 74.2 Å². The van der Waals surface area contributed by atoms with Gasteiger partial charge in [0.1, 0.15) is 6.10 Å². The van der Waals surface area contributed by atoms with Crippen LogP contribution in [0.15, 0.2) is 0 Å². The van der Waals surface area contributed by atoms with E-state index in [0.29, 0.717) is 0 Å². The van der Waals surface area contributed by atoms with Crippen molar-refractivity contribution < 1.29 is 55.8 Å². The molecule has 0 aliphatic carbocycles. The Balaban J connectivity index is 0. The average molecular weight is 234 g/mol. The number of carboxylic acid groups (broad SMARTS) is 1. The third-order valence-corrected chi connectivity index (χ3v) is 0.357. The molecule has 0 saturated heterocycles. The van der Waals surface area contributed by atoms with Crippen molar-refractivity contribution in [1.29, 1.82) is 0 Å². The molecule has 0 bridgehead atoms. The van der Waals surface area contributed by atoms with Crippen molar-refractivity contribution in [3.8, 4) is 0 Å². The third-order valence-electron chi connectivity index (χ3n) is 0.357. The fourth-order valence-electron chi connectivity index (χ4n) is 0. The van der Waals surface area contributed by atoms with Crippen LogP contribution in [0, 0.1) is 40.8 Å². The van der Waals surface area contributed by atoms with Gasteiger partial charge in [-0.05, 0) is 6.92 Å². The van der Waals surface area contributed by atoms with Crippen LogP contribution in [0.3, 0.4) is 0 Å². The molecule has 0 fully saturated rings. The van der Waals surface area contributed by atoms with E-state index in [1.807, 2.05) is 0 Å². The maximum Gasteiger partial charge on any atom is 0.332 e. The van der Waals surface area contributed by atoms with Gasteiger partial charge in [-0.25, -0.2) is 4.79 Å². The van der Waals surface area contributed by atoms with E-state index in [-0.39, 0.29) is 40.8 Å². The van der Waals surface area contributed by atoms with Gasteiger partial charge < -0.3 is 10.2 Å². The minimum atomic E-state index is -1.23. The summed E-state index contributed by atoms with van der Waals surface area (Å²) in [4.78, 5) is 9.45. The molecule has 7 heavy (non-hydrogen) atoms. The summed E-state index contributed by atoms with van der Waals surface area (Å²) in [7, 11) is 0. The Bertz CT molecular complexity index is 61.2. The molecule has 1 atom stereocenters. The second-order valence-corrected chi connectivity index (χ2v) is 1.01. The molecule has 3 nitrogen and oxygen atoms in total. The molecule has 0 rings (SSSR count). The number of aliphatic carboxylic acids is 1. The van der Waals surface area contributed by atoms with Crippen molar-refractivity contribution >= 4 is 5.97 Å². The van der Waals surface area contributed by atoms with Crippen molar-refractivity contribution in [3.63, 3.8) is 0 Å². The quantitative estimate of drug-likeness (QED) is 0.640. The first-order valence-electron chi connectivity index (χ1n) is 1.55. The number of aliphatic hydroxyl groups is 1. The minimum absolute atomic E-state index is 0. The van der Waals surface area contributed by atoms with Crippen LogP contribution in [0.4, 0.5) is 0 Å². The van der Waals surface area contributed by atoms with Crippen molar-refractivity contribution in [2.24, 2.45) is 0 Å². The summed E-state index contributed by atoms with van der Waals surface area (Å²) in [6.07, 6.45) is -1.23. The van der Waals surface area contributed by atoms with Gasteiger partial charge in [0.15, 0.2) is 0 Å². The second kappa shape index (κ2) is 4.93. The van der Waals surface area contributed by atoms with E-state index >= 15 is 0 Å². The van der Waals surface area contributed by atoms with Gasteiger partial charge in [0.25, 0.3) is 0 Å². The summed E-state index contributed by atoms with van der Waals surface area (Å²) in [5.41, 5.74) is 0. The van der Waals surface area contributed by atoms with E-state index in [4.69, 9.17) is 10.2 Å². The van der Waals surface area contributed by atoms with Crippen molar-refractivity contribution in [1.82, 2.24) is 0 Å². The predicted molar refractivity (Wildman–Crippen MR) is 19.3 cm³/mol. The minimum Gasteiger partial charge on any atom is -0.479 e. The van der Waals surface area contributed by atoms with Crippen LogP contribution in [0.1, 0.15) is 6.92 Å².